The molecule has 1 saturated heterocycles. The van der Waals surface area contributed by atoms with Crippen LogP contribution in [0.2, 0.25) is 0 Å². The second-order valence-electron chi connectivity index (χ2n) is 10.6. The van der Waals surface area contributed by atoms with Gasteiger partial charge in [-0.15, -0.1) is 0 Å². The lowest BCUT2D eigenvalue weighted by Crippen LogP contribution is -2.37. The zero-order chi connectivity index (χ0) is 29.4. The third-order valence-corrected chi connectivity index (χ3v) is 7.65. The number of aromatic nitrogens is 2. The molecule has 4 heterocycles. The maximum absolute atomic E-state index is 13.4. The Hall–Kier alpha value is -4.74. The molecule has 216 valence electrons. The second-order valence-corrected chi connectivity index (χ2v) is 10.6. The van der Waals surface area contributed by atoms with Crippen LogP contribution in [0.4, 0.5) is 11.4 Å². The first-order chi connectivity index (χ1) is 20.3. The van der Waals surface area contributed by atoms with Gasteiger partial charge in [-0.2, -0.15) is 0 Å². The Kier molecular flexibility index (Phi) is 7.36. The summed E-state index contributed by atoms with van der Waals surface area (Å²) in [6, 6.07) is 11.0. The molecule has 0 atom stereocenters. The lowest BCUT2D eigenvalue weighted by Gasteiger charge is -2.26. The van der Waals surface area contributed by atoms with Crippen LogP contribution in [0, 0.1) is 0 Å². The molecule has 11 nitrogen and oxygen atoms in total. The Balaban J connectivity index is 1.47. The summed E-state index contributed by atoms with van der Waals surface area (Å²) in [5, 5.41) is 9.54. The number of carbonyl (C=O) groups is 4. The van der Waals surface area contributed by atoms with E-state index >= 15 is 0 Å². The predicted octanol–water partition coefficient (Wildman–Crippen LogP) is 3.33. The van der Waals surface area contributed by atoms with E-state index in [9.17, 15) is 19.2 Å². The van der Waals surface area contributed by atoms with Crippen LogP contribution in [0.1, 0.15) is 31.4 Å². The van der Waals surface area contributed by atoms with Crippen LogP contribution in [0.5, 0.6) is 0 Å². The number of ether oxygens (including phenoxy) is 1. The highest BCUT2D eigenvalue weighted by molar-refractivity contribution is 6.50. The summed E-state index contributed by atoms with van der Waals surface area (Å²) in [5.74, 6) is -1.40. The van der Waals surface area contributed by atoms with Crippen molar-refractivity contribution >= 4 is 68.0 Å². The molecule has 1 fully saturated rings. The number of rotatable bonds is 8. The predicted molar refractivity (Wildman–Crippen MR) is 161 cm³/mol. The SMILES string of the molecule is CC(=O)Nc1ccc2[nH]cc(C3=C(c4cn(CCCN5CCOCC5)c5ccc(NC(C)=O)cc45)C(=O)NC3=O)c2c1. The van der Waals surface area contributed by atoms with Crippen LogP contribution in [0.25, 0.3) is 33.0 Å². The van der Waals surface area contributed by atoms with Crippen molar-refractivity contribution < 1.29 is 23.9 Å². The Morgan fingerprint density at radius 3 is 2.19 bits per heavy atom. The van der Waals surface area contributed by atoms with E-state index in [4.69, 9.17) is 4.74 Å². The van der Waals surface area contributed by atoms with Gasteiger partial charge in [0, 0.05) is 96.7 Å². The van der Waals surface area contributed by atoms with Gasteiger partial charge in [0.15, 0.2) is 0 Å². The summed E-state index contributed by atoms with van der Waals surface area (Å²) in [6.07, 6.45) is 4.52. The Bertz CT molecular complexity index is 1770. The van der Waals surface area contributed by atoms with Crippen LogP contribution in [0.3, 0.4) is 0 Å². The zero-order valence-electron chi connectivity index (χ0n) is 23.5. The van der Waals surface area contributed by atoms with Crippen molar-refractivity contribution in [3.63, 3.8) is 0 Å². The van der Waals surface area contributed by atoms with Gasteiger partial charge < -0.3 is 24.9 Å². The molecule has 0 bridgehead atoms. The molecular weight excluding hydrogens is 536 g/mol. The minimum absolute atomic E-state index is 0.205. The average molecular weight is 569 g/mol. The first kappa shape index (κ1) is 27.4. The van der Waals surface area contributed by atoms with E-state index in [1.165, 1.54) is 13.8 Å². The number of benzene rings is 2. The lowest BCUT2D eigenvalue weighted by atomic mass is 9.95. The van der Waals surface area contributed by atoms with Crippen LogP contribution in [0.15, 0.2) is 48.8 Å². The number of H-pyrrole nitrogens is 1. The molecule has 2 aliphatic rings. The van der Waals surface area contributed by atoms with Crippen molar-refractivity contribution in [2.75, 3.05) is 43.5 Å². The number of nitrogens with one attached hydrogen (secondary N) is 4. The van der Waals surface area contributed by atoms with Crippen LogP contribution >= 0.6 is 0 Å². The summed E-state index contributed by atoms with van der Waals surface area (Å²) >= 11 is 0. The molecule has 0 aliphatic carbocycles. The standard InChI is InChI=1S/C31H32N6O5/c1-18(38)33-20-4-6-26-22(14-20)24(16-32-26)28-29(31(41)35-30(28)40)25-17-37(9-3-8-36-10-12-42-13-11-36)27-7-5-21(15-23(25)27)34-19(2)39/h4-7,14-17,32H,3,8-13H2,1-2H3,(H,33,38)(H,34,39)(H,35,40,41). The zero-order valence-corrected chi connectivity index (χ0v) is 23.5. The number of imide groups is 1. The highest BCUT2D eigenvalue weighted by Crippen LogP contribution is 2.39. The molecule has 2 aromatic carbocycles. The number of amides is 4. The number of morpholine rings is 1. The van der Waals surface area contributed by atoms with Gasteiger partial charge in [-0.25, -0.2) is 0 Å². The van der Waals surface area contributed by atoms with Gasteiger partial charge in [-0.1, -0.05) is 0 Å². The minimum atomic E-state index is -0.493. The van der Waals surface area contributed by atoms with Crippen molar-refractivity contribution in [3.8, 4) is 0 Å². The number of hydrogen-bond donors (Lipinski definition) is 4. The largest absolute Gasteiger partial charge is 0.379 e. The first-order valence-corrected chi connectivity index (χ1v) is 14.0. The van der Waals surface area contributed by atoms with Gasteiger partial charge >= 0.3 is 0 Å². The van der Waals surface area contributed by atoms with Crippen molar-refractivity contribution in [1.29, 1.82) is 0 Å². The first-order valence-electron chi connectivity index (χ1n) is 14.0. The quantitative estimate of drug-likeness (QED) is 0.241. The van der Waals surface area contributed by atoms with Crippen LogP contribution < -0.4 is 16.0 Å². The normalized spacial score (nSPS) is 16.0. The molecule has 4 N–H and O–H groups in total. The molecule has 4 amide bonds. The molecular formula is C31H32N6O5. The van der Waals surface area contributed by atoms with Gasteiger partial charge in [0.25, 0.3) is 11.8 Å². The van der Waals surface area contributed by atoms with E-state index in [-0.39, 0.29) is 23.0 Å². The summed E-state index contributed by atoms with van der Waals surface area (Å²) in [5.41, 5.74) is 4.52. The van der Waals surface area contributed by atoms with Gasteiger partial charge in [0.2, 0.25) is 11.8 Å². The summed E-state index contributed by atoms with van der Waals surface area (Å²) < 4.78 is 7.57. The fourth-order valence-corrected chi connectivity index (χ4v) is 5.83. The Morgan fingerprint density at radius 2 is 1.50 bits per heavy atom. The van der Waals surface area contributed by atoms with Crippen molar-refractivity contribution in [2.24, 2.45) is 0 Å². The van der Waals surface area contributed by atoms with E-state index in [2.05, 4.69) is 30.4 Å². The van der Waals surface area contributed by atoms with Crippen molar-refractivity contribution in [2.45, 2.75) is 26.8 Å². The van der Waals surface area contributed by atoms with Crippen LogP contribution in [-0.4, -0.2) is 70.9 Å². The molecule has 2 aromatic heterocycles. The fourth-order valence-electron chi connectivity index (χ4n) is 5.83. The third-order valence-electron chi connectivity index (χ3n) is 7.65. The highest BCUT2D eigenvalue weighted by Gasteiger charge is 2.35. The summed E-state index contributed by atoms with van der Waals surface area (Å²) in [4.78, 5) is 55.8. The molecule has 42 heavy (non-hydrogen) atoms. The number of fused-ring (bicyclic) bond motifs is 2. The van der Waals surface area contributed by atoms with E-state index < -0.39 is 11.8 Å². The summed E-state index contributed by atoms with van der Waals surface area (Å²) in [6.45, 7) is 7.79. The molecule has 4 aromatic rings. The maximum Gasteiger partial charge on any atom is 0.259 e. The number of nitrogens with zero attached hydrogens (tertiary/aromatic N) is 2. The number of aryl methyl sites for hydroxylation is 1. The van der Waals surface area contributed by atoms with Gasteiger partial charge in [0.05, 0.1) is 24.4 Å². The monoisotopic (exact) mass is 568 g/mol. The molecule has 0 unspecified atom stereocenters. The number of aromatic amines is 1. The fraction of sp³-hybridized carbons (Fsp3) is 0.290. The van der Waals surface area contributed by atoms with Gasteiger partial charge in [-0.3, -0.25) is 29.4 Å². The molecule has 2 aliphatic heterocycles. The maximum atomic E-state index is 13.4. The third kappa shape index (κ3) is 5.31. The topological polar surface area (TPSA) is 138 Å². The molecule has 0 saturated carbocycles. The molecule has 0 radical (unpaired) electrons. The molecule has 0 spiro atoms. The van der Waals surface area contributed by atoms with Crippen molar-refractivity contribution in [1.82, 2.24) is 19.8 Å². The van der Waals surface area contributed by atoms with Gasteiger partial charge in [-0.05, 0) is 42.8 Å². The average Bonchev–Trinajstić information content (AvgIpc) is 3.60. The lowest BCUT2D eigenvalue weighted by molar-refractivity contribution is -0.123. The van der Waals surface area contributed by atoms with Gasteiger partial charge in [0.1, 0.15) is 0 Å². The second kappa shape index (κ2) is 11.3. The van der Waals surface area contributed by atoms with E-state index in [0.717, 1.165) is 55.7 Å². The number of hydrogen-bond acceptors (Lipinski definition) is 6. The highest BCUT2D eigenvalue weighted by atomic mass is 16.5. The number of carbonyl (C=O) groups excluding carboxylic acids is 4. The Labute approximate surface area is 241 Å². The van der Waals surface area contributed by atoms with E-state index in [1.54, 1.807) is 18.3 Å². The number of anilines is 2. The van der Waals surface area contributed by atoms with Crippen molar-refractivity contribution in [3.05, 3.63) is 59.9 Å². The molecule has 6 rings (SSSR count). The smallest absolute Gasteiger partial charge is 0.259 e. The van der Waals surface area contributed by atoms with Crippen LogP contribution in [-0.2, 0) is 30.5 Å². The summed E-state index contributed by atoms with van der Waals surface area (Å²) in [7, 11) is 0. The Morgan fingerprint density at radius 1 is 0.857 bits per heavy atom. The van der Waals surface area contributed by atoms with E-state index in [0.29, 0.717) is 34.4 Å². The minimum Gasteiger partial charge on any atom is -0.379 e. The van der Waals surface area contributed by atoms with E-state index in [1.807, 2.05) is 30.5 Å². The molecule has 11 heteroatoms.